The summed E-state index contributed by atoms with van der Waals surface area (Å²) in [6.45, 7) is 3.16. The average molecular weight is 154 g/mol. The molecule has 0 bridgehead atoms. The lowest BCUT2D eigenvalue weighted by molar-refractivity contribution is 0.0726. The van der Waals surface area contributed by atoms with Crippen LogP contribution in [0.5, 0.6) is 0 Å². The van der Waals surface area contributed by atoms with Crippen molar-refractivity contribution < 1.29 is 4.74 Å². The Hall–Kier alpha value is -0.300. The second-order valence-electron chi connectivity index (χ2n) is 3.12. The molecule has 11 heavy (non-hydrogen) atoms. The van der Waals surface area contributed by atoms with E-state index in [0.717, 1.165) is 13.0 Å². The number of rotatable bonds is 4. The average Bonchev–Trinajstić information content (AvgIpc) is 2.07. The second-order valence-corrected chi connectivity index (χ2v) is 3.12. The van der Waals surface area contributed by atoms with Crippen LogP contribution in [0.15, 0.2) is 12.2 Å². The van der Waals surface area contributed by atoms with Gasteiger partial charge in [-0.25, -0.2) is 0 Å². The molecule has 1 heteroatoms. The van der Waals surface area contributed by atoms with Gasteiger partial charge in [0.2, 0.25) is 0 Å². The van der Waals surface area contributed by atoms with E-state index in [2.05, 4.69) is 19.1 Å². The molecule has 0 spiro atoms. The first-order chi connectivity index (χ1) is 5.43. The molecule has 0 aromatic carbocycles. The van der Waals surface area contributed by atoms with Crippen LogP contribution >= 0.6 is 0 Å². The molecule has 1 aliphatic rings. The zero-order valence-corrected chi connectivity index (χ0v) is 7.38. The number of unbranched alkanes of at least 4 members (excludes halogenated alkanes) is 2. The second kappa shape index (κ2) is 5.36. The highest BCUT2D eigenvalue weighted by molar-refractivity contribution is 4.92. The molecule has 0 saturated carbocycles. The van der Waals surface area contributed by atoms with Gasteiger partial charge >= 0.3 is 0 Å². The Balaban J connectivity index is 2.05. The van der Waals surface area contributed by atoms with Crippen molar-refractivity contribution in [3.05, 3.63) is 12.2 Å². The summed E-state index contributed by atoms with van der Waals surface area (Å²) in [4.78, 5) is 0. The van der Waals surface area contributed by atoms with Gasteiger partial charge in [0.1, 0.15) is 0 Å². The van der Waals surface area contributed by atoms with E-state index >= 15 is 0 Å². The molecular formula is C10H18O. The molecule has 0 aliphatic carbocycles. The normalized spacial score (nSPS) is 23.9. The van der Waals surface area contributed by atoms with Crippen molar-refractivity contribution in [2.75, 3.05) is 6.61 Å². The van der Waals surface area contributed by atoms with Crippen molar-refractivity contribution in [2.45, 2.75) is 45.1 Å². The van der Waals surface area contributed by atoms with Gasteiger partial charge in [-0.15, -0.1) is 0 Å². The van der Waals surface area contributed by atoms with Gasteiger partial charge in [0.25, 0.3) is 0 Å². The van der Waals surface area contributed by atoms with E-state index in [1.807, 2.05) is 0 Å². The van der Waals surface area contributed by atoms with Crippen LogP contribution in [0, 0.1) is 0 Å². The predicted molar refractivity (Wildman–Crippen MR) is 47.6 cm³/mol. The van der Waals surface area contributed by atoms with Gasteiger partial charge in [-0.3, -0.25) is 0 Å². The number of hydrogen-bond donors (Lipinski definition) is 0. The Kier molecular flexibility index (Phi) is 4.29. The summed E-state index contributed by atoms with van der Waals surface area (Å²) in [5.41, 5.74) is 0. The van der Waals surface area contributed by atoms with E-state index in [9.17, 15) is 0 Å². The van der Waals surface area contributed by atoms with Gasteiger partial charge in [-0.05, 0) is 12.8 Å². The summed E-state index contributed by atoms with van der Waals surface area (Å²) in [6.07, 6.45) is 11.1. The van der Waals surface area contributed by atoms with E-state index in [1.54, 1.807) is 0 Å². The fourth-order valence-electron chi connectivity index (χ4n) is 1.37. The third kappa shape index (κ3) is 3.57. The maximum Gasteiger partial charge on any atom is 0.0755 e. The lowest BCUT2D eigenvalue weighted by Gasteiger charge is -2.16. The number of ether oxygens (including phenoxy) is 1. The Morgan fingerprint density at radius 1 is 1.45 bits per heavy atom. The van der Waals surface area contributed by atoms with Crippen LogP contribution in [-0.4, -0.2) is 12.7 Å². The molecule has 0 N–H and O–H groups in total. The molecule has 1 atom stereocenters. The minimum absolute atomic E-state index is 0.426. The molecule has 1 rings (SSSR count). The first kappa shape index (κ1) is 8.79. The monoisotopic (exact) mass is 154 g/mol. The van der Waals surface area contributed by atoms with E-state index in [-0.39, 0.29) is 0 Å². The van der Waals surface area contributed by atoms with Gasteiger partial charge in [0.05, 0.1) is 12.7 Å². The molecular weight excluding hydrogens is 136 g/mol. The highest BCUT2D eigenvalue weighted by Crippen LogP contribution is 2.11. The Morgan fingerprint density at radius 2 is 2.36 bits per heavy atom. The lowest BCUT2D eigenvalue weighted by atomic mass is 10.1. The minimum Gasteiger partial charge on any atom is -0.374 e. The largest absolute Gasteiger partial charge is 0.374 e. The van der Waals surface area contributed by atoms with Gasteiger partial charge < -0.3 is 4.74 Å². The van der Waals surface area contributed by atoms with Crippen molar-refractivity contribution in [3.8, 4) is 0 Å². The van der Waals surface area contributed by atoms with Crippen LogP contribution < -0.4 is 0 Å². The van der Waals surface area contributed by atoms with Crippen molar-refractivity contribution in [3.63, 3.8) is 0 Å². The highest BCUT2D eigenvalue weighted by Gasteiger charge is 2.06. The standard InChI is InChI=1S/C10H18O/c1-2-3-4-7-10-8-5-6-9-11-10/h5,8,10H,2-4,6-7,9H2,1H3/t10-/m1/s1. The van der Waals surface area contributed by atoms with Crippen molar-refractivity contribution in [2.24, 2.45) is 0 Å². The van der Waals surface area contributed by atoms with E-state index in [0.29, 0.717) is 6.10 Å². The SMILES string of the molecule is CCCCC[C@@H]1C=CCCO1. The maximum absolute atomic E-state index is 5.54. The molecule has 1 aliphatic heterocycles. The lowest BCUT2D eigenvalue weighted by Crippen LogP contribution is -2.13. The van der Waals surface area contributed by atoms with Crippen LogP contribution in [0.4, 0.5) is 0 Å². The summed E-state index contributed by atoms with van der Waals surface area (Å²) in [6, 6.07) is 0. The van der Waals surface area contributed by atoms with Crippen LogP contribution in [0.3, 0.4) is 0 Å². The van der Waals surface area contributed by atoms with Gasteiger partial charge in [0, 0.05) is 0 Å². The molecule has 1 heterocycles. The van der Waals surface area contributed by atoms with Gasteiger partial charge in [-0.1, -0.05) is 38.3 Å². The molecule has 0 radical (unpaired) electrons. The van der Waals surface area contributed by atoms with E-state index < -0.39 is 0 Å². The Labute approximate surface area is 69.4 Å². The summed E-state index contributed by atoms with van der Waals surface area (Å²) in [7, 11) is 0. The zero-order valence-electron chi connectivity index (χ0n) is 7.38. The summed E-state index contributed by atoms with van der Waals surface area (Å²) in [5, 5.41) is 0. The van der Waals surface area contributed by atoms with E-state index in [4.69, 9.17) is 4.74 Å². The Morgan fingerprint density at radius 3 is 3.00 bits per heavy atom. The molecule has 0 amide bonds. The van der Waals surface area contributed by atoms with Crippen molar-refractivity contribution in [1.29, 1.82) is 0 Å². The fraction of sp³-hybridized carbons (Fsp3) is 0.800. The van der Waals surface area contributed by atoms with Crippen molar-refractivity contribution in [1.82, 2.24) is 0 Å². The van der Waals surface area contributed by atoms with Crippen LogP contribution in [0.1, 0.15) is 39.0 Å². The quantitative estimate of drug-likeness (QED) is 0.447. The molecule has 0 aromatic heterocycles. The van der Waals surface area contributed by atoms with Crippen LogP contribution in [-0.2, 0) is 4.74 Å². The molecule has 0 fully saturated rings. The maximum atomic E-state index is 5.54. The number of hydrogen-bond acceptors (Lipinski definition) is 1. The third-order valence-corrected chi connectivity index (χ3v) is 2.06. The molecule has 0 unspecified atom stereocenters. The molecule has 0 saturated heterocycles. The van der Waals surface area contributed by atoms with Crippen molar-refractivity contribution >= 4 is 0 Å². The smallest absolute Gasteiger partial charge is 0.0755 e. The minimum atomic E-state index is 0.426. The first-order valence-electron chi connectivity index (χ1n) is 4.71. The fourth-order valence-corrected chi connectivity index (χ4v) is 1.37. The van der Waals surface area contributed by atoms with Gasteiger partial charge in [-0.2, -0.15) is 0 Å². The topological polar surface area (TPSA) is 9.23 Å². The van der Waals surface area contributed by atoms with Crippen LogP contribution in [0.2, 0.25) is 0 Å². The van der Waals surface area contributed by atoms with E-state index in [1.165, 1.54) is 25.7 Å². The summed E-state index contributed by atoms with van der Waals surface area (Å²) < 4.78 is 5.54. The van der Waals surface area contributed by atoms with Crippen LogP contribution in [0.25, 0.3) is 0 Å². The highest BCUT2D eigenvalue weighted by atomic mass is 16.5. The first-order valence-corrected chi connectivity index (χ1v) is 4.71. The predicted octanol–water partition coefficient (Wildman–Crippen LogP) is 2.91. The molecule has 64 valence electrons. The molecule has 1 nitrogen and oxygen atoms in total. The summed E-state index contributed by atoms with van der Waals surface area (Å²) in [5.74, 6) is 0. The summed E-state index contributed by atoms with van der Waals surface area (Å²) >= 11 is 0. The third-order valence-electron chi connectivity index (χ3n) is 2.06. The molecule has 0 aromatic rings. The van der Waals surface area contributed by atoms with Gasteiger partial charge in [0.15, 0.2) is 0 Å². The Bertz CT molecular complexity index is 118. The zero-order chi connectivity index (χ0) is 7.94.